The second kappa shape index (κ2) is 5.39. The van der Waals surface area contributed by atoms with Crippen LogP contribution in [0.1, 0.15) is 13.3 Å². The average molecular weight is 196 g/mol. The molecule has 0 amide bonds. The van der Waals surface area contributed by atoms with Crippen LogP contribution < -0.4 is 10.6 Å². The molecule has 0 fully saturated rings. The SMILES string of the molecule is CCCN(CCO)c1cncc(N)n1. The Morgan fingerprint density at radius 2 is 2.21 bits per heavy atom. The largest absolute Gasteiger partial charge is 0.395 e. The Morgan fingerprint density at radius 3 is 2.79 bits per heavy atom. The van der Waals surface area contributed by atoms with E-state index in [1.807, 2.05) is 4.90 Å². The lowest BCUT2D eigenvalue weighted by Crippen LogP contribution is -2.28. The van der Waals surface area contributed by atoms with Crippen LogP contribution in [0.15, 0.2) is 12.4 Å². The fourth-order valence-electron chi connectivity index (χ4n) is 1.25. The van der Waals surface area contributed by atoms with Crippen molar-refractivity contribution in [2.24, 2.45) is 0 Å². The average Bonchev–Trinajstić information content (AvgIpc) is 2.17. The smallest absolute Gasteiger partial charge is 0.149 e. The van der Waals surface area contributed by atoms with E-state index in [4.69, 9.17) is 10.8 Å². The zero-order valence-corrected chi connectivity index (χ0v) is 8.35. The van der Waals surface area contributed by atoms with Crippen LogP contribution in [0.2, 0.25) is 0 Å². The van der Waals surface area contributed by atoms with Gasteiger partial charge in [0.1, 0.15) is 11.6 Å². The van der Waals surface area contributed by atoms with E-state index < -0.39 is 0 Å². The van der Waals surface area contributed by atoms with Crippen molar-refractivity contribution >= 4 is 11.6 Å². The lowest BCUT2D eigenvalue weighted by molar-refractivity contribution is 0.301. The third-order valence-corrected chi connectivity index (χ3v) is 1.83. The van der Waals surface area contributed by atoms with Gasteiger partial charge in [0, 0.05) is 13.1 Å². The van der Waals surface area contributed by atoms with Gasteiger partial charge in [-0.2, -0.15) is 0 Å². The van der Waals surface area contributed by atoms with Crippen LogP contribution in [0.25, 0.3) is 0 Å². The first kappa shape index (κ1) is 10.7. The van der Waals surface area contributed by atoms with Crippen molar-refractivity contribution in [2.45, 2.75) is 13.3 Å². The van der Waals surface area contributed by atoms with Crippen LogP contribution in [0.5, 0.6) is 0 Å². The molecule has 0 saturated heterocycles. The number of aliphatic hydroxyl groups is 1. The molecule has 0 aliphatic heterocycles. The van der Waals surface area contributed by atoms with Crippen molar-refractivity contribution in [3.63, 3.8) is 0 Å². The van der Waals surface area contributed by atoms with E-state index in [2.05, 4.69) is 16.9 Å². The molecule has 1 rings (SSSR count). The van der Waals surface area contributed by atoms with Crippen LogP contribution in [0.4, 0.5) is 11.6 Å². The summed E-state index contributed by atoms with van der Waals surface area (Å²) >= 11 is 0. The first-order valence-corrected chi connectivity index (χ1v) is 4.71. The minimum Gasteiger partial charge on any atom is -0.395 e. The molecule has 0 spiro atoms. The molecule has 1 heterocycles. The van der Waals surface area contributed by atoms with Gasteiger partial charge in [-0.3, -0.25) is 4.98 Å². The second-order valence-corrected chi connectivity index (χ2v) is 3.01. The molecule has 0 bridgehead atoms. The number of nitrogens with two attached hydrogens (primary N) is 1. The van der Waals surface area contributed by atoms with Gasteiger partial charge in [0.25, 0.3) is 0 Å². The van der Waals surface area contributed by atoms with Crippen LogP contribution >= 0.6 is 0 Å². The highest BCUT2D eigenvalue weighted by atomic mass is 16.3. The zero-order chi connectivity index (χ0) is 10.4. The number of nitrogen functional groups attached to an aromatic ring is 1. The van der Waals surface area contributed by atoms with E-state index in [1.165, 1.54) is 6.20 Å². The van der Waals surface area contributed by atoms with Gasteiger partial charge in [-0.25, -0.2) is 4.98 Å². The third kappa shape index (κ3) is 2.85. The molecule has 5 heteroatoms. The van der Waals surface area contributed by atoms with E-state index >= 15 is 0 Å². The molecule has 3 N–H and O–H groups in total. The molecule has 5 nitrogen and oxygen atoms in total. The highest BCUT2D eigenvalue weighted by Crippen LogP contribution is 2.10. The standard InChI is InChI=1S/C9H16N4O/c1-2-3-13(4-5-14)9-7-11-6-8(10)12-9/h6-7,14H,2-5H2,1H3,(H2,10,12). The van der Waals surface area contributed by atoms with E-state index in [0.717, 1.165) is 18.8 Å². The minimum absolute atomic E-state index is 0.108. The summed E-state index contributed by atoms with van der Waals surface area (Å²) in [6, 6.07) is 0. The fourth-order valence-corrected chi connectivity index (χ4v) is 1.25. The first-order valence-electron chi connectivity index (χ1n) is 4.71. The fraction of sp³-hybridized carbons (Fsp3) is 0.556. The molecule has 1 aromatic heterocycles. The Kier molecular flexibility index (Phi) is 4.12. The Balaban J connectivity index is 2.75. The van der Waals surface area contributed by atoms with Crippen molar-refractivity contribution in [3.05, 3.63) is 12.4 Å². The molecule has 1 aromatic rings. The number of nitrogens with zero attached hydrogens (tertiary/aromatic N) is 3. The molecule has 0 saturated carbocycles. The molecule has 0 aliphatic carbocycles. The van der Waals surface area contributed by atoms with Crippen LogP contribution in [0.3, 0.4) is 0 Å². The van der Waals surface area contributed by atoms with E-state index in [9.17, 15) is 0 Å². The molecule has 0 aliphatic rings. The van der Waals surface area contributed by atoms with Crippen molar-refractivity contribution in [1.29, 1.82) is 0 Å². The van der Waals surface area contributed by atoms with E-state index in [1.54, 1.807) is 6.20 Å². The first-order chi connectivity index (χ1) is 6.77. The maximum Gasteiger partial charge on any atom is 0.149 e. The highest BCUT2D eigenvalue weighted by Gasteiger charge is 2.06. The summed E-state index contributed by atoms with van der Waals surface area (Å²) in [5.41, 5.74) is 5.53. The Hall–Kier alpha value is -1.36. The molecular weight excluding hydrogens is 180 g/mol. The Labute approximate surface area is 83.6 Å². The summed E-state index contributed by atoms with van der Waals surface area (Å²) in [4.78, 5) is 10.1. The number of aromatic nitrogens is 2. The van der Waals surface area contributed by atoms with Crippen molar-refractivity contribution in [3.8, 4) is 0 Å². The number of anilines is 2. The zero-order valence-electron chi connectivity index (χ0n) is 8.35. The minimum atomic E-state index is 0.108. The summed E-state index contributed by atoms with van der Waals surface area (Å²) in [6.07, 6.45) is 4.16. The van der Waals surface area contributed by atoms with Crippen LogP contribution in [-0.4, -0.2) is 34.8 Å². The lowest BCUT2D eigenvalue weighted by Gasteiger charge is -2.21. The van der Waals surface area contributed by atoms with Crippen molar-refractivity contribution in [1.82, 2.24) is 9.97 Å². The molecule has 0 radical (unpaired) electrons. The molecular formula is C9H16N4O. The van der Waals surface area contributed by atoms with Crippen LogP contribution in [0, 0.1) is 0 Å². The van der Waals surface area contributed by atoms with Gasteiger partial charge in [-0.1, -0.05) is 6.92 Å². The highest BCUT2D eigenvalue weighted by molar-refractivity contribution is 5.41. The van der Waals surface area contributed by atoms with Gasteiger partial charge in [0.05, 0.1) is 19.0 Å². The van der Waals surface area contributed by atoms with Gasteiger partial charge >= 0.3 is 0 Å². The summed E-state index contributed by atoms with van der Waals surface area (Å²) < 4.78 is 0. The summed E-state index contributed by atoms with van der Waals surface area (Å²) in [7, 11) is 0. The van der Waals surface area contributed by atoms with E-state index in [0.29, 0.717) is 12.4 Å². The summed E-state index contributed by atoms with van der Waals surface area (Å²) in [5.74, 6) is 1.13. The van der Waals surface area contributed by atoms with Crippen molar-refractivity contribution < 1.29 is 5.11 Å². The molecule has 14 heavy (non-hydrogen) atoms. The summed E-state index contributed by atoms with van der Waals surface area (Å²) in [6.45, 7) is 3.59. The van der Waals surface area contributed by atoms with E-state index in [-0.39, 0.29) is 6.61 Å². The predicted molar refractivity (Wildman–Crippen MR) is 56.0 cm³/mol. The molecule has 0 unspecified atom stereocenters. The predicted octanol–water partition coefficient (Wildman–Crippen LogP) is 0.268. The molecule has 0 atom stereocenters. The topological polar surface area (TPSA) is 75.3 Å². The van der Waals surface area contributed by atoms with Gasteiger partial charge in [-0.15, -0.1) is 0 Å². The normalized spacial score (nSPS) is 10.1. The third-order valence-electron chi connectivity index (χ3n) is 1.83. The Bertz CT molecular complexity index is 273. The number of aliphatic hydroxyl groups excluding tert-OH is 1. The Morgan fingerprint density at radius 1 is 1.43 bits per heavy atom. The van der Waals surface area contributed by atoms with Gasteiger partial charge in [-0.05, 0) is 6.42 Å². The lowest BCUT2D eigenvalue weighted by atomic mass is 10.4. The maximum absolute atomic E-state index is 8.87. The van der Waals surface area contributed by atoms with Gasteiger partial charge in [0.15, 0.2) is 0 Å². The van der Waals surface area contributed by atoms with Gasteiger partial charge < -0.3 is 15.7 Å². The molecule has 0 aromatic carbocycles. The van der Waals surface area contributed by atoms with Gasteiger partial charge in [0.2, 0.25) is 0 Å². The maximum atomic E-state index is 8.87. The quantitative estimate of drug-likeness (QED) is 0.707. The number of rotatable bonds is 5. The van der Waals surface area contributed by atoms with Crippen LogP contribution in [-0.2, 0) is 0 Å². The monoisotopic (exact) mass is 196 g/mol. The second-order valence-electron chi connectivity index (χ2n) is 3.01. The number of hydrogen-bond acceptors (Lipinski definition) is 5. The molecule has 78 valence electrons. The van der Waals surface area contributed by atoms with Crippen molar-refractivity contribution in [2.75, 3.05) is 30.3 Å². The summed E-state index contributed by atoms with van der Waals surface area (Å²) in [5, 5.41) is 8.87. The number of hydrogen-bond donors (Lipinski definition) is 2.